The maximum absolute atomic E-state index is 13.3. The first-order valence-electron chi connectivity index (χ1n) is 4.86. The number of halogens is 1. The number of nitrogens with zero attached hydrogens (tertiary/aromatic N) is 1. The minimum Gasteiger partial charge on any atom is -0.398 e. The summed E-state index contributed by atoms with van der Waals surface area (Å²) in [6, 6.07) is 4.84. The second-order valence-corrected chi connectivity index (χ2v) is 4.77. The normalized spacial score (nSPS) is 10.9. The maximum Gasteiger partial charge on any atom is 0.129 e. The van der Waals surface area contributed by atoms with E-state index in [-0.39, 0.29) is 5.82 Å². The van der Waals surface area contributed by atoms with Crippen molar-refractivity contribution in [1.29, 1.82) is 0 Å². The van der Waals surface area contributed by atoms with Crippen LogP contribution in [0.4, 0.5) is 10.1 Å². The summed E-state index contributed by atoms with van der Waals surface area (Å²) in [5.74, 6) is 1.43. The zero-order valence-corrected chi connectivity index (χ0v) is 9.98. The topological polar surface area (TPSA) is 29.3 Å². The fourth-order valence-electron chi connectivity index (χ4n) is 1.15. The zero-order chi connectivity index (χ0) is 11.3. The summed E-state index contributed by atoms with van der Waals surface area (Å²) >= 11 is 1.70. The van der Waals surface area contributed by atoms with Crippen LogP contribution < -0.4 is 5.73 Å². The third kappa shape index (κ3) is 4.10. The van der Waals surface area contributed by atoms with Crippen molar-refractivity contribution in [2.24, 2.45) is 0 Å². The second kappa shape index (κ2) is 5.98. The summed E-state index contributed by atoms with van der Waals surface area (Å²) in [6.07, 6.45) is 0. The first-order valence-corrected chi connectivity index (χ1v) is 6.02. The van der Waals surface area contributed by atoms with Crippen molar-refractivity contribution in [1.82, 2.24) is 4.90 Å². The van der Waals surface area contributed by atoms with Gasteiger partial charge in [-0.3, -0.25) is 0 Å². The van der Waals surface area contributed by atoms with Crippen molar-refractivity contribution >= 4 is 17.4 Å². The lowest BCUT2D eigenvalue weighted by Gasteiger charge is -2.10. The van der Waals surface area contributed by atoms with Gasteiger partial charge >= 0.3 is 0 Å². The van der Waals surface area contributed by atoms with E-state index < -0.39 is 0 Å². The number of nitrogen functional groups attached to an aromatic ring is 1. The Morgan fingerprint density at radius 1 is 1.40 bits per heavy atom. The quantitative estimate of drug-likeness (QED) is 0.619. The van der Waals surface area contributed by atoms with Gasteiger partial charge in [0.2, 0.25) is 0 Å². The molecule has 1 rings (SSSR count). The van der Waals surface area contributed by atoms with Crippen LogP contribution in [-0.2, 0) is 5.75 Å². The Morgan fingerprint density at radius 2 is 2.13 bits per heavy atom. The molecule has 0 aliphatic heterocycles. The highest BCUT2D eigenvalue weighted by atomic mass is 32.2. The fraction of sp³-hybridized carbons (Fsp3) is 0.455. The molecule has 0 amide bonds. The van der Waals surface area contributed by atoms with Crippen LogP contribution in [0.15, 0.2) is 18.2 Å². The molecule has 1 aromatic carbocycles. The van der Waals surface area contributed by atoms with Crippen molar-refractivity contribution in [3.05, 3.63) is 29.6 Å². The Bertz CT molecular complexity index is 295. The van der Waals surface area contributed by atoms with Crippen LogP contribution in [0.25, 0.3) is 0 Å². The van der Waals surface area contributed by atoms with E-state index in [1.807, 2.05) is 14.1 Å². The second-order valence-electron chi connectivity index (χ2n) is 3.66. The van der Waals surface area contributed by atoms with Gasteiger partial charge in [-0.15, -0.1) is 0 Å². The van der Waals surface area contributed by atoms with Crippen LogP contribution >= 0.6 is 11.8 Å². The molecular weight excluding hydrogens is 211 g/mol. The van der Waals surface area contributed by atoms with E-state index in [1.54, 1.807) is 23.9 Å². The molecule has 0 spiro atoms. The lowest BCUT2D eigenvalue weighted by molar-refractivity contribution is 0.437. The minimum atomic E-state index is -0.202. The van der Waals surface area contributed by atoms with Gasteiger partial charge in [0, 0.05) is 29.3 Å². The molecule has 0 aromatic heterocycles. The Morgan fingerprint density at radius 3 is 2.73 bits per heavy atom. The standard InChI is InChI=1S/C11H17FN2S/c1-14(2)6-7-15-8-9-10(12)4-3-5-11(9)13/h3-5H,6-8,13H2,1-2H3. The lowest BCUT2D eigenvalue weighted by Crippen LogP contribution is -2.14. The highest BCUT2D eigenvalue weighted by Gasteiger charge is 2.05. The Kier molecular flexibility index (Phi) is 4.91. The molecule has 0 radical (unpaired) electrons. The summed E-state index contributed by atoms with van der Waals surface area (Å²) in [5.41, 5.74) is 6.87. The molecule has 0 saturated heterocycles. The average molecular weight is 228 g/mol. The van der Waals surface area contributed by atoms with E-state index in [4.69, 9.17) is 5.73 Å². The Hall–Kier alpha value is -0.740. The molecule has 0 aliphatic rings. The van der Waals surface area contributed by atoms with Gasteiger partial charge in [-0.2, -0.15) is 11.8 Å². The molecule has 0 saturated carbocycles. The smallest absolute Gasteiger partial charge is 0.129 e. The number of hydrogen-bond donors (Lipinski definition) is 1. The van der Waals surface area contributed by atoms with Crippen LogP contribution in [0.3, 0.4) is 0 Å². The average Bonchev–Trinajstić information content (AvgIpc) is 2.15. The van der Waals surface area contributed by atoms with E-state index in [1.165, 1.54) is 6.07 Å². The summed E-state index contributed by atoms with van der Waals surface area (Å²) in [6.45, 7) is 0.999. The third-order valence-electron chi connectivity index (χ3n) is 2.08. The van der Waals surface area contributed by atoms with Gasteiger partial charge in [0.25, 0.3) is 0 Å². The first kappa shape index (κ1) is 12.3. The van der Waals surface area contributed by atoms with E-state index >= 15 is 0 Å². The number of thioether (sulfide) groups is 1. The summed E-state index contributed by atoms with van der Waals surface area (Å²) in [7, 11) is 4.05. The van der Waals surface area contributed by atoms with Gasteiger partial charge in [0.05, 0.1) is 0 Å². The van der Waals surface area contributed by atoms with Crippen molar-refractivity contribution < 1.29 is 4.39 Å². The maximum atomic E-state index is 13.3. The number of rotatable bonds is 5. The van der Waals surface area contributed by atoms with Crippen molar-refractivity contribution in [2.75, 3.05) is 32.1 Å². The van der Waals surface area contributed by atoms with Crippen molar-refractivity contribution in [3.63, 3.8) is 0 Å². The van der Waals surface area contributed by atoms with Crippen molar-refractivity contribution in [2.45, 2.75) is 5.75 Å². The Labute approximate surface area is 94.6 Å². The van der Waals surface area contributed by atoms with Crippen molar-refractivity contribution in [3.8, 4) is 0 Å². The molecule has 15 heavy (non-hydrogen) atoms. The molecule has 0 atom stereocenters. The molecule has 1 aromatic rings. The SMILES string of the molecule is CN(C)CCSCc1c(N)cccc1F. The van der Waals surface area contributed by atoms with Crippen LogP contribution in [0.5, 0.6) is 0 Å². The number of hydrogen-bond acceptors (Lipinski definition) is 3. The van der Waals surface area contributed by atoms with Gasteiger partial charge in [-0.25, -0.2) is 4.39 Å². The molecule has 0 heterocycles. The van der Waals surface area contributed by atoms with Gasteiger partial charge < -0.3 is 10.6 Å². The predicted octanol–water partition coefficient (Wildman–Crippen LogP) is 2.20. The highest BCUT2D eigenvalue weighted by molar-refractivity contribution is 7.98. The molecule has 2 nitrogen and oxygen atoms in total. The van der Waals surface area contributed by atoms with Gasteiger partial charge in [-0.1, -0.05) is 6.07 Å². The molecule has 0 fully saturated rings. The fourth-order valence-corrected chi connectivity index (χ4v) is 2.30. The van der Waals surface area contributed by atoms with E-state index in [0.29, 0.717) is 17.0 Å². The monoisotopic (exact) mass is 228 g/mol. The lowest BCUT2D eigenvalue weighted by atomic mass is 10.2. The van der Waals surface area contributed by atoms with E-state index in [9.17, 15) is 4.39 Å². The molecule has 0 bridgehead atoms. The van der Waals surface area contributed by atoms with Crippen LogP contribution in [-0.4, -0.2) is 31.3 Å². The zero-order valence-electron chi connectivity index (χ0n) is 9.16. The van der Waals surface area contributed by atoms with Gasteiger partial charge in [0.15, 0.2) is 0 Å². The van der Waals surface area contributed by atoms with Crippen LogP contribution in [0.1, 0.15) is 5.56 Å². The van der Waals surface area contributed by atoms with Crippen LogP contribution in [0.2, 0.25) is 0 Å². The van der Waals surface area contributed by atoms with Crippen LogP contribution in [0, 0.1) is 5.82 Å². The molecule has 2 N–H and O–H groups in total. The van der Waals surface area contributed by atoms with Gasteiger partial charge in [-0.05, 0) is 26.2 Å². The Balaban J connectivity index is 2.43. The summed E-state index contributed by atoms with van der Waals surface area (Å²) in [5, 5.41) is 0. The number of anilines is 1. The third-order valence-corrected chi connectivity index (χ3v) is 3.05. The molecular formula is C11H17FN2S. The molecule has 4 heteroatoms. The minimum absolute atomic E-state index is 0.202. The molecule has 0 unspecified atom stereocenters. The highest BCUT2D eigenvalue weighted by Crippen LogP contribution is 2.21. The van der Waals surface area contributed by atoms with Gasteiger partial charge in [0.1, 0.15) is 5.82 Å². The number of nitrogens with two attached hydrogens (primary N) is 1. The summed E-state index contributed by atoms with van der Waals surface area (Å²) < 4.78 is 13.3. The molecule has 84 valence electrons. The predicted molar refractivity (Wildman–Crippen MR) is 65.5 cm³/mol. The first-order chi connectivity index (χ1) is 7.11. The summed E-state index contributed by atoms with van der Waals surface area (Å²) in [4.78, 5) is 2.11. The van der Waals surface area contributed by atoms with E-state index in [2.05, 4.69) is 4.90 Å². The van der Waals surface area contributed by atoms with E-state index in [0.717, 1.165) is 12.3 Å². The largest absolute Gasteiger partial charge is 0.398 e. The molecule has 0 aliphatic carbocycles. The number of benzene rings is 1.